The third-order valence-electron chi connectivity index (χ3n) is 5.14. The van der Waals surface area contributed by atoms with Crippen molar-refractivity contribution in [2.45, 2.75) is 38.5 Å². The Hall–Kier alpha value is -3.11. The molecule has 0 radical (unpaired) electrons. The summed E-state index contributed by atoms with van der Waals surface area (Å²) >= 11 is 0. The van der Waals surface area contributed by atoms with Crippen molar-refractivity contribution in [1.29, 1.82) is 0 Å². The van der Waals surface area contributed by atoms with Crippen LogP contribution in [0, 0.1) is 16.0 Å². The monoisotopic (exact) mass is 425 g/mol. The average Bonchev–Trinajstić information content (AvgIpc) is 3.19. The Morgan fingerprint density at radius 2 is 2.07 bits per heavy atom. The molecule has 0 saturated carbocycles. The molecule has 3 rings (SSSR count). The van der Waals surface area contributed by atoms with Crippen LogP contribution in [0.5, 0.6) is 0 Å². The smallest absolute Gasteiger partial charge is 0.366 e. The second kappa shape index (κ2) is 8.72. The first-order chi connectivity index (χ1) is 14.1. The summed E-state index contributed by atoms with van der Waals surface area (Å²) in [5.74, 6) is -0.343. The van der Waals surface area contributed by atoms with Gasteiger partial charge in [-0.25, -0.2) is 4.98 Å². The fourth-order valence-corrected chi connectivity index (χ4v) is 3.61. The molecule has 0 unspecified atom stereocenters. The van der Waals surface area contributed by atoms with Crippen LogP contribution in [0.15, 0.2) is 36.9 Å². The molecule has 2 aromatic rings. The zero-order valence-corrected chi connectivity index (χ0v) is 16.3. The largest absolute Gasteiger partial charge is 0.416 e. The van der Waals surface area contributed by atoms with E-state index < -0.39 is 22.4 Å². The van der Waals surface area contributed by atoms with Gasteiger partial charge in [-0.2, -0.15) is 13.2 Å². The molecular weight excluding hydrogens is 403 g/mol. The molecule has 30 heavy (non-hydrogen) atoms. The van der Waals surface area contributed by atoms with Gasteiger partial charge in [-0.3, -0.25) is 14.9 Å². The number of piperidine rings is 1. The number of nitro benzene ring substituents is 1. The van der Waals surface area contributed by atoms with Crippen LogP contribution in [0.4, 0.5) is 24.5 Å². The number of imidazole rings is 1. The van der Waals surface area contributed by atoms with E-state index in [-0.39, 0.29) is 23.6 Å². The summed E-state index contributed by atoms with van der Waals surface area (Å²) in [7, 11) is 0. The third-order valence-corrected chi connectivity index (χ3v) is 5.14. The van der Waals surface area contributed by atoms with Crippen LogP contribution in [0.1, 0.15) is 25.3 Å². The lowest BCUT2D eigenvalue weighted by molar-refractivity contribution is -0.384. The van der Waals surface area contributed by atoms with E-state index in [9.17, 15) is 28.1 Å². The summed E-state index contributed by atoms with van der Waals surface area (Å²) in [6.07, 6.45) is 1.40. The van der Waals surface area contributed by atoms with Gasteiger partial charge in [0.2, 0.25) is 5.91 Å². The van der Waals surface area contributed by atoms with Crippen LogP contribution < -0.4 is 10.2 Å². The number of benzene rings is 1. The predicted octanol–water partition coefficient (Wildman–Crippen LogP) is 3.23. The molecular formula is C19H22F3N5O3. The SMILES string of the molecule is C[C@@H](Cn1ccnc1)NC(=O)C1CCN(c2ccc(C(F)(F)F)cc2[N+](=O)[O-])CC1. The molecule has 162 valence electrons. The molecule has 1 saturated heterocycles. The maximum Gasteiger partial charge on any atom is 0.416 e. The maximum absolute atomic E-state index is 12.9. The summed E-state index contributed by atoms with van der Waals surface area (Å²) in [6.45, 7) is 3.17. The van der Waals surface area contributed by atoms with Gasteiger partial charge in [0.25, 0.3) is 5.69 Å². The Bertz CT molecular complexity index is 893. The van der Waals surface area contributed by atoms with E-state index in [0.717, 1.165) is 12.1 Å². The van der Waals surface area contributed by atoms with Gasteiger partial charge in [0.15, 0.2) is 0 Å². The van der Waals surface area contributed by atoms with Crippen LogP contribution >= 0.6 is 0 Å². The topological polar surface area (TPSA) is 93.3 Å². The van der Waals surface area contributed by atoms with Crippen LogP contribution in [-0.4, -0.2) is 39.5 Å². The number of amides is 1. The normalized spacial score (nSPS) is 16.3. The Labute approximate surface area is 170 Å². The first kappa shape index (κ1) is 21.6. The predicted molar refractivity (Wildman–Crippen MR) is 103 cm³/mol. The van der Waals surface area contributed by atoms with Gasteiger partial charge in [-0.1, -0.05) is 0 Å². The quantitative estimate of drug-likeness (QED) is 0.567. The number of hydrogen-bond acceptors (Lipinski definition) is 5. The van der Waals surface area contributed by atoms with E-state index in [4.69, 9.17) is 0 Å². The summed E-state index contributed by atoms with van der Waals surface area (Å²) in [6, 6.07) is 2.44. The lowest BCUT2D eigenvalue weighted by Crippen LogP contribution is -2.44. The molecule has 8 nitrogen and oxygen atoms in total. The van der Waals surface area contributed by atoms with Gasteiger partial charge >= 0.3 is 6.18 Å². The number of carbonyl (C=O) groups excluding carboxylic acids is 1. The molecule has 2 heterocycles. The van der Waals surface area contributed by atoms with Crippen molar-refractivity contribution < 1.29 is 22.9 Å². The fraction of sp³-hybridized carbons (Fsp3) is 0.474. The minimum atomic E-state index is -4.65. The highest BCUT2D eigenvalue weighted by molar-refractivity contribution is 5.79. The number of anilines is 1. The van der Waals surface area contributed by atoms with E-state index >= 15 is 0 Å². The number of nitrogens with zero attached hydrogens (tertiary/aromatic N) is 4. The van der Waals surface area contributed by atoms with Crippen molar-refractivity contribution in [2.75, 3.05) is 18.0 Å². The van der Waals surface area contributed by atoms with E-state index in [1.807, 2.05) is 11.5 Å². The van der Waals surface area contributed by atoms with Crippen LogP contribution in [-0.2, 0) is 17.5 Å². The number of rotatable bonds is 6. The Balaban J connectivity index is 1.61. The summed E-state index contributed by atoms with van der Waals surface area (Å²) in [5, 5.41) is 14.3. The Morgan fingerprint density at radius 1 is 1.37 bits per heavy atom. The van der Waals surface area contributed by atoms with Crippen molar-refractivity contribution in [1.82, 2.24) is 14.9 Å². The molecule has 0 spiro atoms. The highest BCUT2D eigenvalue weighted by atomic mass is 19.4. The molecule has 1 aromatic carbocycles. The number of nitrogens with one attached hydrogen (secondary N) is 1. The fourth-order valence-electron chi connectivity index (χ4n) is 3.61. The zero-order chi connectivity index (χ0) is 21.9. The summed E-state index contributed by atoms with van der Waals surface area (Å²) < 4.78 is 40.5. The van der Waals surface area contributed by atoms with Crippen LogP contribution in [0.25, 0.3) is 0 Å². The first-order valence-corrected chi connectivity index (χ1v) is 9.52. The standard InChI is InChI=1S/C19H22F3N5O3/c1-13(11-25-9-6-23-12-25)24-18(28)14-4-7-26(8-5-14)16-3-2-15(19(20,21)22)10-17(16)27(29)30/h2-3,6,9-10,12-14H,4-5,7-8,11H2,1H3,(H,24,28)/t13-/m0/s1. The minimum absolute atomic E-state index is 0.0933. The van der Waals surface area contributed by atoms with E-state index in [0.29, 0.717) is 38.5 Å². The highest BCUT2D eigenvalue weighted by Crippen LogP contribution is 2.37. The lowest BCUT2D eigenvalue weighted by atomic mass is 9.95. The first-order valence-electron chi connectivity index (χ1n) is 9.52. The number of alkyl halides is 3. The number of nitro groups is 1. The van der Waals surface area contributed by atoms with E-state index in [1.54, 1.807) is 23.6 Å². The van der Waals surface area contributed by atoms with Gasteiger partial charge < -0.3 is 14.8 Å². The molecule has 1 fully saturated rings. The molecule has 0 aliphatic carbocycles. The molecule has 1 amide bonds. The third kappa shape index (κ3) is 5.08. The Morgan fingerprint density at radius 3 is 2.63 bits per heavy atom. The van der Waals surface area contributed by atoms with Gasteiger partial charge in [0.1, 0.15) is 5.69 Å². The Kier molecular flexibility index (Phi) is 6.28. The molecule has 1 aliphatic rings. The molecule has 0 bridgehead atoms. The van der Waals surface area contributed by atoms with Gasteiger partial charge in [-0.15, -0.1) is 0 Å². The summed E-state index contributed by atoms with van der Waals surface area (Å²) in [4.78, 5) is 28.6. The number of halogens is 3. The number of carbonyl (C=O) groups is 1. The van der Waals surface area contributed by atoms with Crippen molar-refractivity contribution >= 4 is 17.3 Å². The van der Waals surface area contributed by atoms with E-state index in [2.05, 4.69) is 10.3 Å². The average molecular weight is 425 g/mol. The molecule has 1 aromatic heterocycles. The van der Waals surface area contributed by atoms with E-state index in [1.165, 1.54) is 0 Å². The molecule has 1 aliphatic heterocycles. The van der Waals surface area contributed by atoms with Crippen molar-refractivity contribution in [3.63, 3.8) is 0 Å². The van der Waals surface area contributed by atoms with Gasteiger partial charge in [0, 0.05) is 50.1 Å². The second-order valence-corrected chi connectivity index (χ2v) is 7.39. The van der Waals surface area contributed by atoms with Crippen molar-refractivity contribution in [2.24, 2.45) is 5.92 Å². The number of hydrogen-bond donors (Lipinski definition) is 1. The van der Waals surface area contributed by atoms with Crippen molar-refractivity contribution in [3.05, 3.63) is 52.6 Å². The lowest BCUT2D eigenvalue weighted by Gasteiger charge is -2.33. The maximum atomic E-state index is 12.9. The molecule has 1 atom stereocenters. The highest BCUT2D eigenvalue weighted by Gasteiger charge is 2.35. The van der Waals surface area contributed by atoms with Crippen LogP contribution in [0.2, 0.25) is 0 Å². The van der Waals surface area contributed by atoms with Crippen LogP contribution in [0.3, 0.4) is 0 Å². The molecule has 11 heteroatoms. The summed E-state index contributed by atoms with van der Waals surface area (Å²) in [5.41, 5.74) is -1.50. The minimum Gasteiger partial charge on any atom is -0.366 e. The van der Waals surface area contributed by atoms with Crippen molar-refractivity contribution in [3.8, 4) is 0 Å². The molecule has 1 N–H and O–H groups in total. The zero-order valence-electron chi connectivity index (χ0n) is 16.3. The number of aromatic nitrogens is 2. The second-order valence-electron chi connectivity index (χ2n) is 7.39. The van der Waals surface area contributed by atoms with Gasteiger partial charge in [-0.05, 0) is 31.9 Å². The van der Waals surface area contributed by atoms with Gasteiger partial charge in [0.05, 0.1) is 16.8 Å².